The van der Waals surface area contributed by atoms with Gasteiger partial charge in [0, 0.05) is 38.1 Å². The van der Waals surface area contributed by atoms with Crippen molar-refractivity contribution in [3.8, 4) is 0 Å². The molecule has 37 heavy (non-hydrogen) atoms. The highest BCUT2D eigenvalue weighted by Crippen LogP contribution is 2.37. The molecule has 0 spiro atoms. The molecule has 3 aromatic rings. The molecule has 1 fully saturated rings. The summed E-state index contributed by atoms with van der Waals surface area (Å²) < 4.78 is 78.8. The highest BCUT2D eigenvalue weighted by atomic mass is 19.4. The molecule has 3 heterocycles. The summed E-state index contributed by atoms with van der Waals surface area (Å²) in [5.74, 6) is -0.414. The number of likely N-dealkylation sites (tertiary alicyclic amines) is 1. The van der Waals surface area contributed by atoms with Gasteiger partial charge in [0.2, 0.25) is 5.91 Å². The Bertz CT molecular complexity index is 1240. The number of hydrogen-bond acceptors (Lipinski definition) is 5. The van der Waals surface area contributed by atoms with Crippen LogP contribution in [0.2, 0.25) is 0 Å². The van der Waals surface area contributed by atoms with Crippen molar-refractivity contribution in [1.29, 1.82) is 0 Å². The van der Waals surface area contributed by atoms with Gasteiger partial charge in [-0.1, -0.05) is 6.92 Å². The first-order valence-corrected chi connectivity index (χ1v) is 11.7. The number of alkyl halides is 6. The summed E-state index contributed by atoms with van der Waals surface area (Å²) in [5, 5.41) is 10.2. The Morgan fingerprint density at radius 1 is 1.14 bits per heavy atom. The second-order valence-electron chi connectivity index (χ2n) is 9.01. The lowest BCUT2D eigenvalue weighted by Crippen LogP contribution is -2.50. The van der Waals surface area contributed by atoms with Gasteiger partial charge >= 0.3 is 12.4 Å². The molecule has 0 bridgehead atoms. The number of halogens is 6. The summed E-state index contributed by atoms with van der Waals surface area (Å²) in [6.45, 7) is 2.38. The van der Waals surface area contributed by atoms with Crippen LogP contribution >= 0.6 is 0 Å². The third-order valence-corrected chi connectivity index (χ3v) is 6.59. The summed E-state index contributed by atoms with van der Waals surface area (Å²) in [6, 6.07) is 1.15. The van der Waals surface area contributed by atoms with E-state index in [9.17, 15) is 31.1 Å². The van der Waals surface area contributed by atoms with Crippen LogP contribution in [0.3, 0.4) is 0 Å². The molecule has 2 N–H and O–H groups in total. The number of hydrogen-bond donors (Lipinski definition) is 2. The highest BCUT2D eigenvalue weighted by molar-refractivity contribution is 5.91. The number of aromatic nitrogens is 3. The molecule has 0 radical (unpaired) electrons. The van der Waals surface area contributed by atoms with E-state index in [4.69, 9.17) is 0 Å². The molecule has 13 heteroatoms. The van der Waals surface area contributed by atoms with E-state index in [1.807, 2.05) is 14.0 Å². The highest BCUT2D eigenvalue weighted by Gasteiger charge is 2.37. The van der Waals surface area contributed by atoms with E-state index in [2.05, 4.69) is 25.4 Å². The Kier molecular flexibility index (Phi) is 7.24. The van der Waals surface area contributed by atoms with Crippen molar-refractivity contribution >= 4 is 28.3 Å². The molecule has 1 amide bonds. The van der Waals surface area contributed by atoms with Crippen LogP contribution < -0.4 is 10.2 Å². The third-order valence-electron chi connectivity index (χ3n) is 6.59. The van der Waals surface area contributed by atoms with Gasteiger partial charge in [-0.05, 0) is 43.0 Å². The van der Waals surface area contributed by atoms with E-state index in [1.54, 1.807) is 17.3 Å². The van der Waals surface area contributed by atoms with Gasteiger partial charge < -0.3 is 15.1 Å². The number of aryl methyl sites for hydroxylation is 1. The minimum absolute atomic E-state index is 0.0473. The first-order chi connectivity index (χ1) is 17.4. The number of fused-ring (bicyclic) bond motifs is 1. The van der Waals surface area contributed by atoms with Crippen LogP contribution in [0.15, 0.2) is 30.6 Å². The van der Waals surface area contributed by atoms with Crippen molar-refractivity contribution in [1.82, 2.24) is 20.1 Å². The Hall–Kier alpha value is -3.51. The van der Waals surface area contributed by atoms with E-state index in [0.717, 1.165) is 29.5 Å². The summed E-state index contributed by atoms with van der Waals surface area (Å²) >= 11 is 0. The Morgan fingerprint density at radius 3 is 2.43 bits per heavy atom. The average Bonchev–Trinajstić information content (AvgIpc) is 3.34. The largest absolute Gasteiger partial charge is 0.416 e. The van der Waals surface area contributed by atoms with Crippen LogP contribution in [-0.2, 0) is 23.6 Å². The standard InChI is InChI=1S/C24H26F6N6O/c1-3-14-10-32-22-19(11-33-34-22)21(14)35(2)18-5-4-6-36(13-18)20(37)12-31-17-8-15(23(25,26)27)7-16(9-17)24(28,29)30/h7-11,18,31H,3-6,12-13H2,1-2H3,(H,32,33,34)/t18-/m0/s1. The van der Waals surface area contributed by atoms with Crippen LogP contribution in [0, 0.1) is 0 Å². The number of rotatable bonds is 6. The second-order valence-corrected chi connectivity index (χ2v) is 9.01. The number of piperidine rings is 1. The van der Waals surface area contributed by atoms with Crippen LogP contribution in [0.25, 0.3) is 11.0 Å². The quantitative estimate of drug-likeness (QED) is 0.436. The zero-order valence-electron chi connectivity index (χ0n) is 20.2. The van der Waals surface area contributed by atoms with Gasteiger partial charge in [-0.2, -0.15) is 31.4 Å². The molecule has 0 aliphatic carbocycles. The maximum atomic E-state index is 13.1. The van der Waals surface area contributed by atoms with Crippen molar-refractivity contribution < 1.29 is 31.1 Å². The smallest absolute Gasteiger partial charge is 0.376 e. The summed E-state index contributed by atoms with van der Waals surface area (Å²) in [6.07, 6.45) is -4.19. The number of carbonyl (C=O) groups is 1. The topological polar surface area (TPSA) is 77.2 Å². The monoisotopic (exact) mass is 528 g/mol. The van der Waals surface area contributed by atoms with Crippen LogP contribution in [0.5, 0.6) is 0 Å². The molecule has 1 aromatic carbocycles. The molecule has 1 aliphatic heterocycles. The molecule has 0 unspecified atom stereocenters. The number of nitrogens with zero attached hydrogens (tertiary/aromatic N) is 4. The Balaban J connectivity index is 1.48. The maximum Gasteiger partial charge on any atom is 0.416 e. The average molecular weight is 529 g/mol. The number of aromatic amines is 1. The predicted molar refractivity (Wildman–Crippen MR) is 126 cm³/mol. The van der Waals surface area contributed by atoms with Crippen molar-refractivity contribution in [2.45, 2.75) is 44.6 Å². The molecule has 200 valence electrons. The number of nitrogens with one attached hydrogen (secondary N) is 2. The number of carbonyl (C=O) groups excluding carboxylic acids is 1. The van der Waals surface area contributed by atoms with Gasteiger partial charge in [0.1, 0.15) is 0 Å². The van der Waals surface area contributed by atoms with Crippen LogP contribution in [0.1, 0.15) is 36.5 Å². The molecule has 2 aromatic heterocycles. The van der Waals surface area contributed by atoms with E-state index < -0.39 is 41.6 Å². The fourth-order valence-electron chi connectivity index (χ4n) is 4.63. The van der Waals surface area contributed by atoms with E-state index in [1.165, 1.54) is 0 Å². The Morgan fingerprint density at radius 2 is 1.81 bits per heavy atom. The number of anilines is 2. The molecule has 1 atom stereocenters. The Labute approximate surface area is 208 Å². The zero-order valence-corrected chi connectivity index (χ0v) is 20.2. The fraction of sp³-hybridized carbons (Fsp3) is 0.458. The lowest BCUT2D eigenvalue weighted by Gasteiger charge is -2.39. The number of H-pyrrole nitrogens is 1. The number of benzene rings is 1. The van der Waals surface area contributed by atoms with Crippen molar-refractivity contribution in [2.24, 2.45) is 0 Å². The molecular formula is C24H26F6N6O. The minimum Gasteiger partial charge on any atom is -0.376 e. The SMILES string of the molecule is CCc1cnc2[nH]ncc2c1N(C)[C@H]1CCCN(C(=O)CNc2cc(C(F)(F)F)cc(C(F)(F)F)c2)C1. The van der Waals surface area contributed by atoms with Crippen LogP contribution in [0.4, 0.5) is 37.7 Å². The number of likely N-dealkylation sites (N-methyl/N-ethyl adjacent to an activating group) is 1. The van der Waals surface area contributed by atoms with Gasteiger partial charge in [0.05, 0.1) is 34.9 Å². The number of amides is 1. The van der Waals surface area contributed by atoms with Gasteiger partial charge in [-0.25, -0.2) is 4.98 Å². The molecular weight excluding hydrogens is 502 g/mol. The van der Waals surface area contributed by atoms with Gasteiger partial charge in [-0.3, -0.25) is 9.89 Å². The molecule has 0 saturated carbocycles. The molecule has 1 saturated heterocycles. The molecule has 4 rings (SSSR count). The lowest BCUT2D eigenvalue weighted by atomic mass is 10.0. The van der Waals surface area contributed by atoms with E-state index >= 15 is 0 Å². The second kappa shape index (κ2) is 10.1. The van der Waals surface area contributed by atoms with Crippen molar-refractivity contribution in [3.63, 3.8) is 0 Å². The zero-order chi connectivity index (χ0) is 27.0. The summed E-state index contributed by atoms with van der Waals surface area (Å²) in [5.41, 5.74) is -0.675. The first kappa shape index (κ1) is 26.6. The van der Waals surface area contributed by atoms with Gasteiger partial charge in [-0.15, -0.1) is 0 Å². The van der Waals surface area contributed by atoms with Gasteiger partial charge in [0.25, 0.3) is 0 Å². The summed E-state index contributed by atoms with van der Waals surface area (Å²) in [4.78, 5) is 21.0. The summed E-state index contributed by atoms with van der Waals surface area (Å²) in [7, 11) is 1.93. The lowest BCUT2D eigenvalue weighted by molar-refractivity contribution is -0.143. The fourth-order valence-corrected chi connectivity index (χ4v) is 4.63. The predicted octanol–water partition coefficient (Wildman–Crippen LogP) is 5.10. The minimum atomic E-state index is -4.96. The number of pyridine rings is 1. The van der Waals surface area contributed by atoms with Crippen molar-refractivity contribution in [2.75, 3.05) is 36.9 Å². The van der Waals surface area contributed by atoms with Crippen molar-refractivity contribution in [3.05, 3.63) is 47.3 Å². The maximum absolute atomic E-state index is 13.1. The van der Waals surface area contributed by atoms with E-state index in [0.29, 0.717) is 37.3 Å². The van der Waals surface area contributed by atoms with Gasteiger partial charge in [0.15, 0.2) is 5.65 Å². The third kappa shape index (κ3) is 5.75. The van der Waals surface area contributed by atoms with Crippen LogP contribution in [-0.4, -0.2) is 58.7 Å². The normalized spacial score (nSPS) is 16.8. The molecule has 1 aliphatic rings. The van der Waals surface area contributed by atoms with E-state index in [-0.39, 0.29) is 12.1 Å². The first-order valence-electron chi connectivity index (χ1n) is 11.7. The molecule has 7 nitrogen and oxygen atoms in total.